The first-order chi connectivity index (χ1) is 19.7. The molecule has 0 spiro atoms. The molecule has 0 fully saturated rings. The van der Waals surface area contributed by atoms with Crippen LogP contribution in [0.15, 0.2) is 103 Å². The maximum atomic E-state index is 11.3. The van der Waals surface area contributed by atoms with E-state index in [1.807, 2.05) is 0 Å². The summed E-state index contributed by atoms with van der Waals surface area (Å²) < 4.78 is 0. The average molecular weight is 577 g/mol. The molecule has 0 bridgehead atoms. The van der Waals surface area contributed by atoms with Gasteiger partial charge in [0.1, 0.15) is 0 Å². The standard InChI is InChI=1S/C40H49OP/c1-38(2,3)32-26-33(39(4,5)6)37(34(27-32)40(7,8)9)42(36(28-41)31-23-17-12-18-24-31)35(30-21-15-11-16-22-30)25-29-19-13-10-14-20-29/h10-27,36,41H,28H2,1-9H3/t36-,42+/m1/s1. The van der Waals surface area contributed by atoms with E-state index >= 15 is 0 Å². The van der Waals surface area contributed by atoms with Gasteiger partial charge in [-0.1, -0.05) is 165 Å². The highest BCUT2D eigenvalue weighted by Gasteiger charge is 2.37. The molecule has 1 N–H and O–H groups in total. The lowest BCUT2D eigenvalue weighted by Crippen LogP contribution is -2.33. The SMILES string of the molecule is CC(C)(C)c1cc(C(C)(C)C)c([P@@](C(=Cc2ccccc2)c2ccccc2)[C@H](CO)c2ccccc2)c(C(C)(C)C)c1. The smallest absolute Gasteiger partial charge is 0.0545 e. The molecule has 4 rings (SSSR count). The first kappa shape index (κ1) is 31.9. The predicted octanol–water partition coefficient (Wildman–Crippen LogP) is 10.6. The highest BCUT2D eigenvalue weighted by molar-refractivity contribution is 7.76. The Kier molecular flexibility index (Phi) is 9.66. The van der Waals surface area contributed by atoms with E-state index < -0.39 is 7.92 Å². The second-order valence-electron chi connectivity index (χ2n) is 14.5. The molecule has 4 aromatic rings. The van der Waals surface area contributed by atoms with Crippen molar-refractivity contribution in [3.05, 3.63) is 137 Å². The molecular weight excluding hydrogens is 527 g/mol. The zero-order valence-electron chi connectivity index (χ0n) is 27.1. The van der Waals surface area contributed by atoms with E-state index in [2.05, 4.69) is 172 Å². The Morgan fingerprint density at radius 2 is 1.10 bits per heavy atom. The van der Waals surface area contributed by atoms with Gasteiger partial charge in [-0.2, -0.15) is 0 Å². The lowest BCUT2D eigenvalue weighted by molar-refractivity contribution is 0.295. The lowest BCUT2D eigenvalue weighted by atomic mass is 9.75. The number of hydrogen-bond acceptors (Lipinski definition) is 1. The first-order valence-electron chi connectivity index (χ1n) is 15.2. The van der Waals surface area contributed by atoms with E-state index in [-0.39, 0.29) is 28.5 Å². The predicted molar refractivity (Wildman–Crippen MR) is 186 cm³/mol. The van der Waals surface area contributed by atoms with E-state index in [0.717, 1.165) is 0 Å². The van der Waals surface area contributed by atoms with Crippen LogP contribution in [-0.4, -0.2) is 11.7 Å². The summed E-state index contributed by atoms with van der Waals surface area (Å²) in [6.45, 7) is 21.1. The van der Waals surface area contributed by atoms with E-state index in [1.165, 1.54) is 44.0 Å². The van der Waals surface area contributed by atoms with Crippen LogP contribution in [0.5, 0.6) is 0 Å². The second-order valence-corrected chi connectivity index (χ2v) is 16.7. The molecule has 2 heteroatoms. The Morgan fingerprint density at radius 1 is 0.643 bits per heavy atom. The summed E-state index contributed by atoms with van der Waals surface area (Å²) in [6.07, 6.45) is 2.38. The summed E-state index contributed by atoms with van der Waals surface area (Å²) in [5.74, 6) is 0. The van der Waals surface area contributed by atoms with Crippen molar-refractivity contribution in [2.24, 2.45) is 0 Å². The Bertz CT molecular complexity index is 1450. The van der Waals surface area contributed by atoms with Crippen LogP contribution >= 0.6 is 7.92 Å². The number of hydrogen-bond donors (Lipinski definition) is 1. The minimum atomic E-state index is -1.07. The van der Waals surface area contributed by atoms with Crippen molar-refractivity contribution in [3.8, 4) is 0 Å². The third-order valence-corrected chi connectivity index (χ3v) is 10.9. The van der Waals surface area contributed by atoms with E-state index in [1.54, 1.807) is 0 Å². The summed E-state index contributed by atoms with van der Waals surface area (Å²) >= 11 is 0. The quantitative estimate of drug-likeness (QED) is 0.171. The van der Waals surface area contributed by atoms with Gasteiger partial charge in [0.05, 0.1) is 6.61 Å². The summed E-state index contributed by atoms with van der Waals surface area (Å²) in [6, 6.07) is 37.1. The van der Waals surface area contributed by atoms with Crippen LogP contribution in [-0.2, 0) is 16.2 Å². The Labute approximate surface area is 256 Å². The molecule has 0 saturated carbocycles. The zero-order chi connectivity index (χ0) is 30.7. The molecule has 1 nitrogen and oxygen atoms in total. The van der Waals surface area contributed by atoms with Crippen LogP contribution in [0.1, 0.15) is 101 Å². The summed E-state index contributed by atoms with van der Waals surface area (Å²) in [5.41, 5.74) is 7.45. The minimum Gasteiger partial charge on any atom is -0.395 e. The van der Waals surface area contributed by atoms with E-state index in [4.69, 9.17) is 0 Å². The molecule has 42 heavy (non-hydrogen) atoms. The van der Waals surface area contributed by atoms with Crippen molar-refractivity contribution >= 4 is 24.6 Å². The van der Waals surface area contributed by atoms with Gasteiger partial charge in [-0.25, -0.2) is 0 Å². The molecule has 0 aromatic heterocycles. The Balaban J connectivity index is 2.22. The van der Waals surface area contributed by atoms with E-state index in [0.29, 0.717) is 0 Å². The molecular formula is C40H49OP. The van der Waals surface area contributed by atoms with Crippen LogP contribution in [0.2, 0.25) is 0 Å². The maximum absolute atomic E-state index is 11.3. The second kappa shape index (κ2) is 12.7. The topological polar surface area (TPSA) is 20.2 Å². The highest BCUT2D eigenvalue weighted by Crippen LogP contribution is 2.63. The molecule has 0 aliphatic carbocycles. The molecule has 0 saturated heterocycles. The summed E-state index contributed by atoms with van der Waals surface area (Å²) in [7, 11) is -1.07. The highest BCUT2D eigenvalue weighted by atomic mass is 31.1. The van der Waals surface area contributed by atoms with Gasteiger partial charge in [0.2, 0.25) is 0 Å². The van der Waals surface area contributed by atoms with Gasteiger partial charge in [-0.3, -0.25) is 0 Å². The van der Waals surface area contributed by atoms with Crippen molar-refractivity contribution in [1.82, 2.24) is 0 Å². The molecule has 0 heterocycles. The Morgan fingerprint density at radius 3 is 1.52 bits per heavy atom. The van der Waals surface area contributed by atoms with Crippen LogP contribution in [0, 0.1) is 0 Å². The summed E-state index contributed by atoms with van der Waals surface area (Å²) in [5, 5.41) is 14.0. The van der Waals surface area contributed by atoms with Crippen LogP contribution < -0.4 is 5.30 Å². The van der Waals surface area contributed by atoms with Gasteiger partial charge in [0.25, 0.3) is 0 Å². The normalized spacial score (nSPS) is 14.5. The number of benzene rings is 4. The fraction of sp³-hybridized carbons (Fsp3) is 0.350. The van der Waals surface area contributed by atoms with Gasteiger partial charge in [-0.15, -0.1) is 0 Å². The third kappa shape index (κ3) is 7.31. The summed E-state index contributed by atoms with van der Waals surface area (Å²) in [4.78, 5) is 0. The van der Waals surface area contributed by atoms with Crippen LogP contribution in [0.3, 0.4) is 0 Å². The van der Waals surface area contributed by atoms with Gasteiger partial charge < -0.3 is 5.11 Å². The van der Waals surface area contributed by atoms with E-state index in [9.17, 15) is 5.11 Å². The molecule has 2 atom stereocenters. The molecule has 0 aliphatic heterocycles. The van der Waals surface area contributed by atoms with Gasteiger partial charge in [-0.05, 0) is 74.2 Å². The monoisotopic (exact) mass is 576 g/mol. The fourth-order valence-electron chi connectivity index (χ4n) is 5.53. The third-order valence-electron chi connectivity index (χ3n) is 7.93. The first-order valence-corrected chi connectivity index (χ1v) is 16.6. The van der Waals surface area contributed by atoms with Crippen LogP contribution in [0.25, 0.3) is 11.4 Å². The zero-order valence-corrected chi connectivity index (χ0v) is 28.0. The lowest BCUT2D eigenvalue weighted by Gasteiger charge is -2.40. The van der Waals surface area contributed by atoms with Crippen LogP contribution in [0.4, 0.5) is 0 Å². The van der Waals surface area contributed by atoms with Crippen molar-refractivity contribution in [1.29, 1.82) is 0 Å². The van der Waals surface area contributed by atoms with Crippen molar-refractivity contribution in [2.45, 2.75) is 84.2 Å². The van der Waals surface area contributed by atoms with Crippen molar-refractivity contribution < 1.29 is 5.11 Å². The molecule has 0 amide bonds. The van der Waals surface area contributed by atoms with Crippen molar-refractivity contribution in [3.63, 3.8) is 0 Å². The number of aliphatic hydroxyl groups is 1. The maximum Gasteiger partial charge on any atom is 0.0545 e. The largest absolute Gasteiger partial charge is 0.395 e. The Hall–Kier alpha value is -2.99. The average Bonchev–Trinajstić information content (AvgIpc) is 2.94. The van der Waals surface area contributed by atoms with Crippen molar-refractivity contribution in [2.75, 3.05) is 6.61 Å². The van der Waals surface area contributed by atoms with Gasteiger partial charge in [0.15, 0.2) is 0 Å². The molecule has 0 unspecified atom stereocenters. The number of rotatable bonds is 7. The molecule has 220 valence electrons. The molecule has 4 aromatic carbocycles. The molecule has 0 aliphatic rings. The van der Waals surface area contributed by atoms with Gasteiger partial charge in [0, 0.05) is 5.66 Å². The fourth-order valence-corrected chi connectivity index (χ4v) is 9.09. The van der Waals surface area contributed by atoms with Gasteiger partial charge >= 0.3 is 0 Å². The minimum absolute atomic E-state index is 0.0131. The molecule has 0 radical (unpaired) electrons. The number of aliphatic hydroxyl groups excluding tert-OH is 1.